The van der Waals surface area contributed by atoms with Crippen LogP contribution in [0.25, 0.3) is 0 Å². The second-order valence-corrected chi connectivity index (χ2v) is 9.49. The number of nitrogens with zero attached hydrogens (tertiary/aromatic N) is 1. The van der Waals surface area contributed by atoms with Gasteiger partial charge in [0.25, 0.3) is 0 Å². The van der Waals surface area contributed by atoms with Crippen molar-refractivity contribution in [1.82, 2.24) is 10.2 Å². The molecule has 0 spiro atoms. The summed E-state index contributed by atoms with van der Waals surface area (Å²) in [4.78, 5) is 27.0. The molecule has 168 valence electrons. The molecule has 2 rings (SSSR count). The summed E-state index contributed by atoms with van der Waals surface area (Å²) in [5.41, 5.74) is 1.23. The minimum Gasteiger partial charge on any atom is -0.354 e. The molecule has 1 atom stereocenters. The van der Waals surface area contributed by atoms with Crippen molar-refractivity contribution >= 4 is 46.8 Å². The van der Waals surface area contributed by atoms with Gasteiger partial charge in [-0.25, -0.2) is 4.39 Å². The summed E-state index contributed by atoms with van der Waals surface area (Å²) >= 11 is 13.5. The van der Waals surface area contributed by atoms with Crippen LogP contribution >= 0.6 is 35.0 Å². The van der Waals surface area contributed by atoms with Gasteiger partial charge in [0.15, 0.2) is 0 Å². The van der Waals surface area contributed by atoms with Crippen molar-refractivity contribution in [2.24, 2.45) is 5.92 Å². The lowest BCUT2D eigenvalue weighted by Crippen LogP contribution is -2.48. The molecule has 2 aromatic rings. The van der Waals surface area contributed by atoms with Crippen molar-refractivity contribution in [2.75, 3.05) is 12.3 Å². The zero-order valence-corrected chi connectivity index (χ0v) is 20.2. The van der Waals surface area contributed by atoms with E-state index in [1.54, 1.807) is 37.3 Å². The molecule has 1 unspecified atom stereocenters. The Morgan fingerprint density at radius 1 is 1.10 bits per heavy atom. The zero-order chi connectivity index (χ0) is 23.0. The molecule has 0 fully saturated rings. The van der Waals surface area contributed by atoms with E-state index in [9.17, 15) is 14.0 Å². The molecule has 0 heterocycles. The van der Waals surface area contributed by atoms with Gasteiger partial charge < -0.3 is 10.2 Å². The highest BCUT2D eigenvalue weighted by Crippen LogP contribution is 2.25. The molecule has 0 aromatic heterocycles. The van der Waals surface area contributed by atoms with Gasteiger partial charge in [-0.05, 0) is 36.6 Å². The highest BCUT2D eigenvalue weighted by molar-refractivity contribution is 7.99. The molecule has 1 N–H and O–H groups in total. The van der Waals surface area contributed by atoms with Crippen molar-refractivity contribution < 1.29 is 14.0 Å². The van der Waals surface area contributed by atoms with Gasteiger partial charge in [0.05, 0.1) is 5.75 Å². The van der Waals surface area contributed by atoms with Crippen LogP contribution in [0.4, 0.5) is 4.39 Å². The Kier molecular flexibility index (Phi) is 10.1. The van der Waals surface area contributed by atoms with Gasteiger partial charge in [-0.1, -0.05) is 61.3 Å². The molecule has 2 aromatic carbocycles. The van der Waals surface area contributed by atoms with Gasteiger partial charge in [-0.3, -0.25) is 9.59 Å². The number of amides is 2. The maximum atomic E-state index is 14.2. The predicted octanol–water partition coefficient (Wildman–Crippen LogP) is 5.56. The lowest BCUT2D eigenvalue weighted by Gasteiger charge is -2.29. The Bertz CT molecular complexity index is 911. The fourth-order valence-corrected chi connectivity index (χ4v) is 4.28. The van der Waals surface area contributed by atoms with Crippen LogP contribution < -0.4 is 5.32 Å². The monoisotopic (exact) mass is 484 g/mol. The Balaban J connectivity index is 2.09. The molecule has 0 radical (unpaired) electrons. The second kappa shape index (κ2) is 12.3. The molecule has 0 bridgehead atoms. The minimum absolute atomic E-state index is 0.0179. The predicted molar refractivity (Wildman–Crippen MR) is 127 cm³/mol. The van der Waals surface area contributed by atoms with Crippen LogP contribution in [0.5, 0.6) is 0 Å². The molecule has 0 aliphatic carbocycles. The van der Waals surface area contributed by atoms with E-state index in [2.05, 4.69) is 5.32 Å². The van der Waals surface area contributed by atoms with Crippen LogP contribution in [-0.2, 0) is 21.9 Å². The summed E-state index contributed by atoms with van der Waals surface area (Å²) in [7, 11) is 0. The fraction of sp³-hybridized carbons (Fsp3) is 0.391. The molecular formula is C23H27Cl2FN2O2S. The van der Waals surface area contributed by atoms with E-state index in [0.717, 1.165) is 5.56 Å². The number of hydrogen-bond acceptors (Lipinski definition) is 3. The second-order valence-electron chi connectivity index (χ2n) is 7.66. The van der Waals surface area contributed by atoms with Gasteiger partial charge in [-0.15, -0.1) is 11.8 Å². The highest BCUT2D eigenvalue weighted by Gasteiger charge is 2.26. The SMILES string of the molecule is CC(C)CNC(=O)C(C)N(Cc1ccccc1F)C(=O)CSCc1ccc(Cl)cc1Cl. The van der Waals surface area contributed by atoms with Gasteiger partial charge >= 0.3 is 0 Å². The summed E-state index contributed by atoms with van der Waals surface area (Å²) in [6.45, 7) is 6.17. The maximum Gasteiger partial charge on any atom is 0.242 e. The van der Waals surface area contributed by atoms with Crippen LogP contribution in [0.15, 0.2) is 42.5 Å². The van der Waals surface area contributed by atoms with Gasteiger partial charge in [-0.2, -0.15) is 0 Å². The molecular weight excluding hydrogens is 458 g/mol. The molecule has 0 saturated heterocycles. The number of carbonyl (C=O) groups excluding carboxylic acids is 2. The maximum absolute atomic E-state index is 14.2. The van der Waals surface area contributed by atoms with Crippen molar-refractivity contribution in [3.8, 4) is 0 Å². The van der Waals surface area contributed by atoms with Crippen molar-refractivity contribution in [2.45, 2.75) is 39.1 Å². The third-order valence-corrected chi connectivity index (χ3v) is 6.20. The first kappa shape index (κ1) is 25.5. The summed E-state index contributed by atoms with van der Waals surface area (Å²) in [6.07, 6.45) is 0. The first-order valence-corrected chi connectivity index (χ1v) is 11.9. The summed E-state index contributed by atoms with van der Waals surface area (Å²) in [5, 5.41) is 3.94. The van der Waals surface area contributed by atoms with Gasteiger partial charge in [0.2, 0.25) is 11.8 Å². The highest BCUT2D eigenvalue weighted by atomic mass is 35.5. The van der Waals surface area contributed by atoms with Crippen LogP contribution in [0.1, 0.15) is 31.9 Å². The normalized spacial score (nSPS) is 12.0. The molecule has 4 nitrogen and oxygen atoms in total. The van der Waals surface area contributed by atoms with Crippen LogP contribution in [0, 0.1) is 11.7 Å². The first-order valence-electron chi connectivity index (χ1n) is 10.0. The van der Waals surface area contributed by atoms with E-state index >= 15 is 0 Å². The first-order chi connectivity index (χ1) is 14.7. The zero-order valence-electron chi connectivity index (χ0n) is 17.8. The lowest BCUT2D eigenvalue weighted by atomic mass is 10.1. The van der Waals surface area contributed by atoms with Gasteiger partial charge in [0, 0.05) is 34.5 Å². The van der Waals surface area contributed by atoms with E-state index in [1.165, 1.54) is 22.7 Å². The Hall–Kier alpha value is -1.76. The number of halogens is 3. The number of nitrogens with one attached hydrogen (secondary N) is 1. The molecule has 0 saturated carbocycles. The Morgan fingerprint density at radius 3 is 2.45 bits per heavy atom. The number of rotatable bonds is 10. The van der Waals surface area contributed by atoms with Crippen molar-refractivity contribution in [1.29, 1.82) is 0 Å². The molecule has 0 aliphatic rings. The smallest absolute Gasteiger partial charge is 0.242 e. The number of benzene rings is 2. The van der Waals surface area contributed by atoms with E-state index in [-0.39, 0.29) is 30.0 Å². The Morgan fingerprint density at radius 2 is 1.81 bits per heavy atom. The quantitative estimate of drug-likeness (QED) is 0.480. The van der Waals surface area contributed by atoms with Crippen molar-refractivity contribution in [3.63, 3.8) is 0 Å². The largest absolute Gasteiger partial charge is 0.354 e. The molecule has 0 aliphatic heterocycles. The average Bonchev–Trinajstić information content (AvgIpc) is 2.72. The van der Waals surface area contributed by atoms with Crippen molar-refractivity contribution in [3.05, 3.63) is 69.5 Å². The number of thioether (sulfide) groups is 1. The Labute approximate surface area is 197 Å². The number of hydrogen-bond donors (Lipinski definition) is 1. The summed E-state index contributed by atoms with van der Waals surface area (Å²) < 4.78 is 14.2. The fourth-order valence-electron chi connectivity index (χ4n) is 2.82. The minimum atomic E-state index is -0.731. The molecule has 2 amide bonds. The van der Waals surface area contributed by atoms with Crippen LogP contribution in [-0.4, -0.2) is 35.1 Å². The van der Waals surface area contributed by atoms with E-state index in [4.69, 9.17) is 23.2 Å². The van der Waals surface area contributed by atoms with Gasteiger partial charge in [0.1, 0.15) is 11.9 Å². The third-order valence-electron chi connectivity index (χ3n) is 4.65. The number of carbonyl (C=O) groups is 2. The van der Waals surface area contributed by atoms with E-state index in [1.807, 2.05) is 19.9 Å². The van der Waals surface area contributed by atoms with Crippen LogP contribution in [0.3, 0.4) is 0 Å². The lowest BCUT2D eigenvalue weighted by molar-refractivity contribution is -0.138. The summed E-state index contributed by atoms with van der Waals surface area (Å²) in [6, 6.07) is 10.8. The summed E-state index contributed by atoms with van der Waals surface area (Å²) in [5.74, 6) is 0.0233. The van der Waals surface area contributed by atoms with Crippen LogP contribution in [0.2, 0.25) is 10.0 Å². The van der Waals surface area contributed by atoms with E-state index in [0.29, 0.717) is 27.9 Å². The average molecular weight is 485 g/mol. The van der Waals surface area contributed by atoms with E-state index < -0.39 is 11.9 Å². The molecule has 31 heavy (non-hydrogen) atoms. The topological polar surface area (TPSA) is 49.4 Å². The molecule has 8 heteroatoms. The standard InChI is InChI=1S/C23H27Cl2FN2O2S/c1-15(2)11-27-23(30)16(3)28(12-17-6-4-5-7-21(17)26)22(29)14-31-13-18-8-9-19(24)10-20(18)25/h4-10,15-16H,11-14H2,1-3H3,(H,27,30). The third kappa shape index (κ3) is 8.02.